The summed E-state index contributed by atoms with van der Waals surface area (Å²) in [6.07, 6.45) is 6.36. The van der Waals surface area contributed by atoms with Gasteiger partial charge in [0.05, 0.1) is 25.0 Å². The zero-order chi connectivity index (χ0) is 19.6. The van der Waals surface area contributed by atoms with Crippen LogP contribution in [0.3, 0.4) is 0 Å². The fraction of sp³-hybridized carbons (Fsp3) is 0.500. The third-order valence-electron chi connectivity index (χ3n) is 4.14. The molecule has 7 nitrogen and oxygen atoms in total. The summed E-state index contributed by atoms with van der Waals surface area (Å²) in [6.45, 7) is 2.48. The summed E-state index contributed by atoms with van der Waals surface area (Å²) in [6, 6.07) is 4.53. The number of fused-ring (bicyclic) bond motifs is 1. The van der Waals surface area contributed by atoms with Gasteiger partial charge in [0.2, 0.25) is 5.75 Å². The normalized spacial score (nSPS) is 10.9. The topological polar surface area (TPSA) is 106 Å². The number of rotatable bonds is 12. The van der Waals surface area contributed by atoms with E-state index < -0.39 is 11.6 Å². The molecule has 0 saturated carbocycles. The largest absolute Gasteiger partial charge is 0.504 e. The first-order chi connectivity index (χ1) is 13.0. The van der Waals surface area contributed by atoms with Crippen LogP contribution in [0.25, 0.3) is 11.0 Å². The van der Waals surface area contributed by atoms with Gasteiger partial charge >= 0.3 is 11.6 Å². The predicted molar refractivity (Wildman–Crippen MR) is 101 cm³/mol. The fourth-order valence-corrected chi connectivity index (χ4v) is 2.68. The molecule has 7 heteroatoms. The zero-order valence-electron chi connectivity index (χ0n) is 15.5. The Morgan fingerprint density at radius 1 is 1.07 bits per heavy atom. The molecule has 0 aliphatic rings. The standard InChI is InChI=1S/C20H26O7/c1-2-3-4-5-6-7-11-26-19-18(23)15-13-14(25-12-10-17(21)22)8-9-16(15)27-20(19)24/h8-9,13,23H,2-7,10-12H2,1H3,(H,21,22). The van der Waals surface area contributed by atoms with Crippen molar-refractivity contribution >= 4 is 16.9 Å². The highest BCUT2D eigenvalue weighted by Crippen LogP contribution is 2.33. The molecule has 2 N–H and O–H groups in total. The summed E-state index contributed by atoms with van der Waals surface area (Å²) >= 11 is 0. The first kappa shape index (κ1) is 20.6. The maximum Gasteiger partial charge on any atom is 0.383 e. The first-order valence-corrected chi connectivity index (χ1v) is 9.30. The minimum absolute atomic E-state index is 0.000226. The van der Waals surface area contributed by atoms with Crippen LogP contribution >= 0.6 is 0 Å². The highest BCUT2D eigenvalue weighted by molar-refractivity contribution is 5.86. The summed E-state index contributed by atoms with van der Waals surface area (Å²) < 4.78 is 16.0. The lowest BCUT2D eigenvalue weighted by molar-refractivity contribution is -0.137. The van der Waals surface area contributed by atoms with Gasteiger partial charge < -0.3 is 24.1 Å². The molecule has 0 atom stereocenters. The minimum Gasteiger partial charge on any atom is -0.504 e. The SMILES string of the molecule is CCCCCCCCOc1c(O)c2cc(OCCC(=O)O)ccc2oc1=O. The summed E-state index contributed by atoms with van der Waals surface area (Å²) in [7, 11) is 0. The molecular weight excluding hydrogens is 352 g/mol. The van der Waals surface area contributed by atoms with Gasteiger partial charge in [-0.15, -0.1) is 0 Å². The Morgan fingerprint density at radius 3 is 2.56 bits per heavy atom. The number of hydrogen-bond donors (Lipinski definition) is 2. The number of unbranched alkanes of at least 4 members (excludes halogenated alkanes) is 5. The highest BCUT2D eigenvalue weighted by Gasteiger charge is 2.16. The molecule has 148 valence electrons. The molecule has 0 radical (unpaired) electrons. The van der Waals surface area contributed by atoms with E-state index >= 15 is 0 Å². The van der Waals surface area contributed by atoms with Gasteiger partial charge in [-0.2, -0.15) is 0 Å². The Labute approximate surface area is 157 Å². The zero-order valence-corrected chi connectivity index (χ0v) is 15.5. The van der Waals surface area contributed by atoms with E-state index in [-0.39, 0.29) is 35.5 Å². The molecule has 1 heterocycles. The second kappa shape index (κ2) is 10.4. The van der Waals surface area contributed by atoms with Crippen molar-refractivity contribution in [1.82, 2.24) is 0 Å². The van der Waals surface area contributed by atoms with Crippen LogP contribution in [0.5, 0.6) is 17.2 Å². The lowest BCUT2D eigenvalue weighted by atomic mass is 10.1. The van der Waals surface area contributed by atoms with Crippen molar-refractivity contribution in [2.24, 2.45) is 0 Å². The quantitative estimate of drug-likeness (QED) is 0.423. The molecule has 0 spiro atoms. The van der Waals surface area contributed by atoms with Gasteiger partial charge in [-0.25, -0.2) is 4.79 Å². The van der Waals surface area contributed by atoms with Gasteiger partial charge in [0.25, 0.3) is 0 Å². The van der Waals surface area contributed by atoms with E-state index in [0.717, 1.165) is 19.3 Å². The molecule has 0 aliphatic carbocycles. The van der Waals surface area contributed by atoms with E-state index in [4.69, 9.17) is 19.0 Å². The van der Waals surface area contributed by atoms with E-state index in [2.05, 4.69) is 6.92 Å². The molecule has 0 unspecified atom stereocenters. The molecule has 0 amide bonds. The number of ether oxygens (including phenoxy) is 2. The number of carboxylic acid groups (broad SMARTS) is 1. The summed E-state index contributed by atoms with van der Waals surface area (Å²) in [4.78, 5) is 22.6. The maximum absolute atomic E-state index is 12.0. The molecule has 0 saturated heterocycles. The molecule has 2 aromatic rings. The predicted octanol–water partition coefficient (Wildman–Crippen LogP) is 4.09. The second-order valence-electron chi connectivity index (χ2n) is 6.33. The Hall–Kier alpha value is -2.70. The summed E-state index contributed by atoms with van der Waals surface area (Å²) in [5.41, 5.74) is -0.527. The number of carboxylic acids is 1. The van der Waals surface area contributed by atoms with Crippen LogP contribution in [0.4, 0.5) is 0 Å². The third-order valence-corrected chi connectivity index (χ3v) is 4.14. The smallest absolute Gasteiger partial charge is 0.383 e. The monoisotopic (exact) mass is 378 g/mol. The molecule has 27 heavy (non-hydrogen) atoms. The molecular formula is C20H26O7. The number of benzene rings is 1. The Morgan fingerprint density at radius 2 is 1.81 bits per heavy atom. The van der Waals surface area contributed by atoms with Crippen molar-refractivity contribution in [3.63, 3.8) is 0 Å². The van der Waals surface area contributed by atoms with Crippen LogP contribution in [-0.2, 0) is 4.79 Å². The molecule has 0 aliphatic heterocycles. The van der Waals surface area contributed by atoms with Crippen molar-refractivity contribution in [3.05, 3.63) is 28.6 Å². The number of aromatic hydroxyl groups is 1. The fourth-order valence-electron chi connectivity index (χ4n) is 2.68. The van der Waals surface area contributed by atoms with Crippen LogP contribution in [0, 0.1) is 0 Å². The molecule has 0 fully saturated rings. The average molecular weight is 378 g/mol. The molecule has 2 rings (SSSR count). The van der Waals surface area contributed by atoms with Gasteiger partial charge in [-0.3, -0.25) is 4.79 Å². The Bertz CT molecular complexity index is 810. The van der Waals surface area contributed by atoms with Crippen molar-refractivity contribution in [2.75, 3.05) is 13.2 Å². The summed E-state index contributed by atoms with van der Waals surface area (Å²) in [5, 5.41) is 19.3. The number of carbonyl (C=O) groups is 1. The van der Waals surface area contributed by atoms with E-state index in [9.17, 15) is 14.7 Å². The molecule has 0 bridgehead atoms. The van der Waals surface area contributed by atoms with Crippen LogP contribution in [0.2, 0.25) is 0 Å². The number of aliphatic carboxylic acids is 1. The van der Waals surface area contributed by atoms with E-state index in [1.165, 1.54) is 31.4 Å². The van der Waals surface area contributed by atoms with Gasteiger partial charge in [0, 0.05) is 0 Å². The van der Waals surface area contributed by atoms with Gasteiger partial charge in [0.15, 0.2) is 5.75 Å². The van der Waals surface area contributed by atoms with Crippen LogP contribution in [-0.4, -0.2) is 29.4 Å². The van der Waals surface area contributed by atoms with Crippen molar-refractivity contribution < 1.29 is 28.9 Å². The van der Waals surface area contributed by atoms with Crippen LogP contribution in [0.15, 0.2) is 27.4 Å². The van der Waals surface area contributed by atoms with Crippen molar-refractivity contribution in [1.29, 1.82) is 0 Å². The van der Waals surface area contributed by atoms with Crippen molar-refractivity contribution in [3.8, 4) is 17.2 Å². The minimum atomic E-state index is -0.963. The lowest BCUT2D eigenvalue weighted by Crippen LogP contribution is -2.09. The van der Waals surface area contributed by atoms with Gasteiger partial charge in [-0.1, -0.05) is 39.0 Å². The van der Waals surface area contributed by atoms with E-state index in [0.29, 0.717) is 12.4 Å². The first-order valence-electron chi connectivity index (χ1n) is 9.30. The third kappa shape index (κ3) is 6.20. The second-order valence-corrected chi connectivity index (χ2v) is 6.33. The van der Waals surface area contributed by atoms with Crippen molar-refractivity contribution in [2.45, 2.75) is 51.9 Å². The summed E-state index contributed by atoms with van der Waals surface area (Å²) in [5.74, 6) is -1.10. The van der Waals surface area contributed by atoms with Gasteiger partial charge in [-0.05, 0) is 24.6 Å². The Kier molecular flexibility index (Phi) is 7.98. The average Bonchev–Trinajstić information content (AvgIpc) is 2.63. The maximum atomic E-state index is 12.0. The highest BCUT2D eigenvalue weighted by atomic mass is 16.5. The van der Waals surface area contributed by atoms with Gasteiger partial charge in [0.1, 0.15) is 11.3 Å². The van der Waals surface area contributed by atoms with E-state index in [1.807, 2.05) is 0 Å². The lowest BCUT2D eigenvalue weighted by Gasteiger charge is -2.10. The molecule has 1 aromatic carbocycles. The van der Waals surface area contributed by atoms with Crippen LogP contribution < -0.4 is 15.1 Å². The van der Waals surface area contributed by atoms with Crippen LogP contribution in [0.1, 0.15) is 51.9 Å². The molecule has 1 aromatic heterocycles. The van der Waals surface area contributed by atoms with E-state index in [1.54, 1.807) is 6.07 Å². The number of hydrogen-bond acceptors (Lipinski definition) is 6. The Balaban J connectivity index is 2.03.